The molecule has 2 aromatic heterocycles. The maximum Gasteiger partial charge on any atom is 0.332 e. The van der Waals surface area contributed by atoms with E-state index in [-0.39, 0.29) is 28.9 Å². The third-order valence-corrected chi connectivity index (χ3v) is 4.91. The molecule has 1 aliphatic rings. The van der Waals surface area contributed by atoms with Crippen molar-refractivity contribution in [3.63, 3.8) is 0 Å². The normalized spacial score (nSPS) is 14.2. The number of hydrogen-bond donors (Lipinski definition) is 0. The topological polar surface area (TPSA) is 82.1 Å². The maximum atomic E-state index is 12.7. The summed E-state index contributed by atoms with van der Waals surface area (Å²) in [7, 11) is 2.92. The summed E-state index contributed by atoms with van der Waals surface area (Å²) in [5, 5.41) is 0.0320. The zero-order valence-corrected chi connectivity index (χ0v) is 15.4. The number of rotatable bonds is 6. The molecular formula is C16H22ClN5O3. The molecule has 136 valence electrons. The molecule has 0 aliphatic heterocycles. The Kier molecular flexibility index (Phi) is 4.73. The summed E-state index contributed by atoms with van der Waals surface area (Å²) in [6, 6.07) is 0. The van der Waals surface area contributed by atoms with Gasteiger partial charge in [0.25, 0.3) is 5.56 Å². The number of aryl methyl sites for hydroxylation is 1. The molecule has 8 nitrogen and oxygen atoms in total. The Hall–Kier alpha value is -2.09. The third kappa shape index (κ3) is 3.22. The second kappa shape index (κ2) is 6.67. The Balaban J connectivity index is 2.00. The van der Waals surface area contributed by atoms with E-state index < -0.39 is 11.2 Å². The van der Waals surface area contributed by atoms with E-state index in [1.165, 1.54) is 23.2 Å². The largest absolute Gasteiger partial charge is 0.341 e. The number of carbonyl (C=O) groups is 1. The van der Waals surface area contributed by atoms with Crippen molar-refractivity contribution in [2.75, 3.05) is 13.1 Å². The Bertz CT molecular complexity index is 938. The van der Waals surface area contributed by atoms with Crippen LogP contribution < -0.4 is 11.2 Å². The molecule has 3 rings (SSSR count). The summed E-state index contributed by atoms with van der Waals surface area (Å²) < 4.78 is 3.66. The lowest BCUT2D eigenvalue weighted by Crippen LogP contribution is -2.39. The van der Waals surface area contributed by atoms with E-state index in [0.717, 1.165) is 30.4 Å². The first-order valence-corrected chi connectivity index (χ1v) is 8.82. The molecule has 1 aliphatic carbocycles. The van der Waals surface area contributed by atoms with Crippen LogP contribution in [0.2, 0.25) is 5.28 Å². The molecule has 2 heterocycles. The summed E-state index contributed by atoms with van der Waals surface area (Å²) in [5.74, 6) is 0.491. The van der Waals surface area contributed by atoms with Crippen molar-refractivity contribution in [1.82, 2.24) is 23.6 Å². The fourth-order valence-electron chi connectivity index (χ4n) is 3.00. The zero-order valence-electron chi connectivity index (χ0n) is 14.7. The van der Waals surface area contributed by atoms with Crippen molar-refractivity contribution in [1.29, 1.82) is 0 Å². The molecule has 2 aromatic rings. The lowest BCUT2D eigenvalue weighted by atomic mass is 10.3. The highest BCUT2D eigenvalue weighted by Gasteiger charge is 2.27. The molecule has 1 saturated carbocycles. The first-order valence-electron chi connectivity index (χ1n) is 8.44. The average Bonchev–Trinajstić information content (AvgIpc) is 3.34. The summed E-state index contributed by atoms with van der Waals surface area (Å²) in [6.07, 6.45) is 3.18. The summed E-state index contributed by atoms with van der Waals surface area (Å²) in [5.41, 5.74) is -0.623. The van der Waals surface area contributed by atoms with Crippen molar-refractivity contribution in [2.45, 2.75) is 32.7 Å². The number of fused-ring (bicyclic) bond motifs is 1. The van der Waals surface area contributed by atoms with E-state index >= 15 is 0 Å². The second-order valence-electron chi connectivity index (χ2n) is 6.63. The number of halogens is 1. The summed E-state index contributed by atoms with van der Waals surface area (Å²) in [4.78, 5) is 43.2. The molecule has 0 atom stereocenters. The van der Waals surface area contributed by atoms with Gasteiger partial charge >= 0.3 is 5.69 Å². The van der Waals surface area contributed by atoms with Gasteiger partial charge in [-0.05, 0) is 36.8 Å². The number of imidazole rings is 1. The maximum absolute atomic E-state index is 12.7. The summed E-state index contributed by atoms with van der Waals surface area (Å²) >= 11 is 6.18. The molecule has 0 spiro atoms. The Labute approximate surface area is 149 Å². The first kappa shape index (κ1) is 17.7. The predicted octanol–water partition coefficient (Wildman–Crippen LogP) is 0.736. The lowest BCUT2D eigenvalue weighted by Gasteiger charge is -2.22. The van der Waals surface area contributed by atoms with Crippen molar-refractivity contribution in [3.8, 4) is 0 Å². The molecule has 1 amide bonds. The van der Waals surface area contributed by atoms with Crippen LogP contribution in [0.4, 0.5) is 0 Å². The number of carbonyl (C=O) groups excluding carboxylic acids is 1. The molecule has 0 N–H and O–H groups in total. The van der Waals surface area contributed by atoms with Crippen LogP contribution in [0.5, 0.6) is 0 Å². The monoisotopic (exact) mass is 367 g/mol. The van der Waals surface area contributed by atoms with Gasteiger partial charge in [-0.25, -0.2) is 4.79 Å². The fourth-order valence-corrected chi connectivity index (χ4v) is 3.22. The highest BCUT2D eigenvalue weighted by Crippen LogP contribution is 2.30. The van der Waals surface area contributed by atoms with Gasteiger partial charge in [0.2, 0.25) is 11.2 Å². The molecule has 0 bridgehead atoms. The molecule has 1 fully saturated rings. The highest BCUT2D eigenvalue weighted by atomic mass is 35.5. The Morgan fingerprint density at radius 1 is 1.28 bits per heavy atom. The van der Waals surface area contributed by atoms with Crippen LogP contribution in [0.3, 0.4) is 0 Å². The number of aromatic nitrogens is 4. The zero-order chi connectivity index (χ0) is 18.3. The van der Waals surface area contributed by atoms with Gasteiger partial charge in [-0.1, -0.05) is 6.92 Å². The van der Waals surface area contributed by atoms with E-state index in [9.17, 15) is 14.4 Å². The van der Waals surface area contributed by atoms with E-state index in [1.807, 2.05) is 11.8 Å². The van der Waals surface area contributed by atoms with Gasteiger partial charge in [0.1, 0.15) is 6.54 Å². The number of nitrogens with zero attached hydrogens (tertiary/aromatic N) is 5. The van der Waals surface area contributed by atoms with E-state index in [2.05, 4.69) is 4.98 Å². The number of hydrogen-bond acceptors (Lipinski definition) is 4. The molecular weight excluding hydrogens is 346 g/mol. The Morgan fingerprint density at radius 2 is 1.96 bits per heavy atom. The standard InChI is InChI=1S/C16H22ClN5O3/c1-4-7-21(8-10-5-6-10)11(23)9-22-12-13(18-15(22)17)19(2)16(25)20(3)14(12)24/h10H,4-9H2,1-3H3. The van der Waals surface area contributed by atoms with Crippen LogP contribution in [0.25, 0.3) is 11.2 Å². The average molecular weight is 368 g/mol. The molecule has 0 aromatic carbocycles. The van der Waals surface area contributed by atoms with Crippen molar-refractivity contribution < 1.29 is 4.79 Å². The van der Waals surface area contributed by atoms with Gasteiger partial charge in [0.05, 0.1) is 0 Å². The minimum atomic E-state index is -0.505. The van der Waals surface area contributed by atoms with Crippen molar-refractivity contribution in [2.24, 2.45) is 20.0 Å². The van der Waals surface area contributed by atoms with Crippen LogP contribution in [0.15, 0.2) is 9.59 Å². The van der Waals surface area contributed by atoms with Gasteiger partial charge < -0.3 is 4.90 Å². The van der Waals surface area contributed by atoms with Crippen molar-refractivity contribution in [3.05, 3.63) is 26.1 Å². The van der Waals surface area contributed by atoms with Gasteiger partial charge in [0, 0.05) is 27.2 Å². The van der Waals surface area contributed by atoms with Gasteiger partial charge in [-0.2, -0.15) is 4.98 Å². The van der Waals surface area contributed by atoms with E-state index in [1.54, 1.807) is 0 Å². The highest BCUT2D eigenvalue weighted by molar-refractivity contribution is 6.29. The van der Waals surface area contributed by atoms with Crippen LogP contribution >= 0.6 is 11.6 Å². The SMILES string of the molecule is CCCN(CC1CC1)C(=O)Cn1c(Cl)nc2c1c(=O)n(C)c(=O)n2C. The van der Waals surface area contributed by atoms with Crippen LogP contribution in [0, 0.1) is 5.92 Å². The molecule has 0 unspecified atom stereocenters. The smallest absolute Gasteiger partial charge is 0.332 e. The quantitative estimate of drug-likeness (QED) is 0.705. The fraction of sp³-hybridized carbons (Fsp3) is 0.625. The first-order chi connectivity index (χ1) is 11.8. The van der Waals surface area contributed by atoms with Gasteiger partial charge in [-0.15, -0.1) is 0 Å². The van der Waals surface area contributed by atoms with Crippen LogP contribution in [-0.2, 0) is 25.4 Å². The van der Waals surface area contributed by atoms with Crippen LogP contribution in [0.1, 0.15) is 26.2 Å². The minimum absolute atomic E-state index is 0.0320. The third-order valence-electron chi connectivity index (χ3n) is 4.62. The predicted molar refractivity (Wildman–Crippen MR) is 94.8 cm³/mol. The minimum Gasteiger partial charge on any atom is -0.341 e. The van der Waals surface area contributed by atoms with Gasteiger partial charge in [0.15, 0.2) is 11.2 Å². The molecule has 9 heteroatoms. The molecule has 0 radical (unpaired) electrons. The molecule has 0 saturated heterocycles. The lowest BCUT2D eigenvalue weighted by molar-refractivity contribution is -0.132. The van der Waals surface area contributed by atoms with Crippen LogP contribution in [-0.4, -0.2) is 42.6 Å². The summed E-state index contributed by atoms with van der Waals surface area (Å²) in [6.45, 7) is 3.39. The Morgan fingerprint density at radius 3 is 2.56 bits per heavy atom. The van der Waals surface area contributed by atoms with E-state index in [0.29, 0.717) is 12.5 Å². The van der Waals surface area contributed by atoms with Crippen molar-refractivity contribution >= 4 is 28.7 Å². The second-order valence-corrected chi connectivity index (χ2v) is 6.97. The van der Waals surface area contributed by atoms with E-state index in [4.69, 9.17) is 11.6 Å². The number of amides is 1. The van der Waals surface area contributed by atoms with Gasteiger partial charge in [-0.3, -0.25) is 23.3 Å². The molecule has 25 heavy (non-hydrogen) atoms.